The lowest BCUT2D eigenvalue weighted by atomic mass is 10.1. The SMILES string of the molecule is C=CC(=O)N(C)[C@H](C)C/C(C)=C/C=C\C. The van der Waals surface area contributed by atoms with E-state index in [4.69, 9.17) is 0 Å². The van der Waals surface area contributed by atoms with Gasteiger partial charge in [0.2, 0.25) is 5.91 Å². The number of likely N-dealkylation sites (N-methyl/N-ethyl adjacent to an activating group) is 1. The van der Waals surface area contributed by atoms with E-state index in [1.54, 1.807) is 11.9 Å². The molecular weight excluding hydrogens is 186 g/mol. The van der Waals surface area contributed by atoms with Gasteiger partial charge in [0.1, 0.15) is 0 Å². The van der Waals surface area contributed by atoms with E-state index in [0.29, 0.717) is 0 Å². The summed E-state index contributed by atoms with van der Waals surface area (Å²) < 4.78 is 0. The Hall–Kier alpha value is -1.31. The Bertz CT molecular complexity index is 276. The molecule has 0 aromatic heterocycles. The Morgan fingerprint density at radius 3 is 2.60 bits per heavy atom. The lowest BCUT2D eigenvalue weighted by Crippen LogP contribution is -2.33. The molecular formula is C13H21NO. The average Bonchev–Trinajstić information content (AvgIpc) is 2.23. The second-order valence-electron chi connectivity index (χ2n) is 3.75. The van der Waals surface area contributed by atoms with Gasteiger partial charge in [0, 0.05) is 13.1 Å². The van der Waals surface area contributed by atoms with E-state index < -0.39 is 0 Å². The maximum absolute atomic E-state index is 11.3. The molecule has 0 aliphatic carbocycles. The molecule has 0 aromatic carbocycles. The van der Waals surface area contributed by atoms with Crippen molar-refractivity contribution in [3.05, 3.63) is 36.5 Å². The first-order chi connectivity index (χ1) is 7.02. The molecule has 1 atom stereocenters. The molecule has 1 amide bonds. The summed E-state index contributed by atoms with van der Waals surface area (Å²) in [6.45, 7) is 9.57. The van der Waals surface area contributed by atoms with Gasteiger partial charge in [0.15, 0.2) is 0 Å². The van der Waals surface area contributed by atoms with Crippen molar-refractivity contribution in [1.29, 1.82) is 0 Å². The highest BCUT2D eigenvalue weighted by Crippen LogP contribution is 2.10. The zero-order valence-corrected chi connectivity index (χ0v) is 10.2. The highest BCUT2D eigenvalue weighted by molar-refractivity contribution is 5.86. The molecule has 15 heavy (non-hydrogen) atoms. The third kappa shape index (κ3) is 5.21. The van der Waals surface area contributed by atoms with Crippen LogP contribution in [0.4, 0.5) is 0 Å². The van der Waals surface area contributed by atoms with Crippen molar-refractivity contribution in [3.63, 3.8) is 0 Å². The number of amides is 1. The summed E-state index contributed by atoms with van der Waals surface area (Å²) in [5.74, 6) is -0.0265. The zero-order valence-electron chi connectivity index (χ0n) is 10.2. The summed E-state index contributed by atoms with van der Waals surface area (Å²) >= 11 is 0. The van der Waals surface area contributed by atoms with Crippen LogP contribution >= 0.6 is 0 Å². The molecule has 0 saturated heterocycles. The molecule has 0 bridgehead atoms. The van der Waals surface area contributed by atoms with Crippen LogP contribution in [-0.4, -0.2) is 23.9 Å². The highest BCUT2D eigenvalue weighted by atomic mass is 16.2. The quantitative estimate of drug-likeness (QED) is 0.501. The fraction of sp³-hybridized carbons (Fsp3) is 0.462. The highest BCUT2D eigenvalue weighted by Gasteiger charge is 2.12. The first-order valence-corrected chi connectivity index (χ1v) is 5.20. The molecule has 0 fully saturated rings. The summed E-state index contributed by atoms with van der Waals surface area (Å²) in [7, 11) is 1.80. The smallest absolute Gasteiger partial charge is 0.245 e. The van der Waals surface area contributed by atoms with Gasteiger partial charge in [-0.1, -0.05) is 30.4 Å². The summed E-state index contributed by atoms with van der Waals surface area (Å²) in [5, 5.41) is 0. The lowest BCUT2D eigenvalue weighted by molar-refractivity contribution is -0.126. The Morgan fingerprint density at radius 1 is 1.53 bits per heavy atom. The van der Waals surface area contributed by atoms with Crippen molar-refractivity contribution in [2.75, 3.05) is 7.05 Å². The lowest BCUT2D eigenvalue weighted by Gasteiger charge is -2.23. The fourth-order valence-electron chi connectivity index (χ4n) is 1.29. The van der Waals surface area contributed by atoms with E-state index >= 15 is 0 Å². The predicted molar refractivity (Wildman–Crippen MR) is 65.6 cm³/mol. The van der Waals surface area contributed by atoms with Crippen molar-refractivity contribution < 1.29 is 4.79 Å². The molecule has 0 aliphatic rings. The first kappa shape index (κ1) is 13.7. The van der Waals surface area contributed by atoms with E-state index in [0.717, 1.165) is 6.42 Å². The molecule has 2 nitrogen and oxygen atoms in total. The van der Waals surface area contributed by atoms with Crippen LogP contribution in [0.2, 0.25) is 0 Å². The summed E-state index contributed by atoms with van der Waals surface area (Å²) in [6, 6.07) is 0.206. The van der Waals surface area contributed by atoms with E-state index in [1.807, 2.05) is 26.0 Å². The Labute approximate surface area is 93.0 Å². The van der Waals surface area contributed by atoms with Crippen molar-refractivity contribution in [3.8, 4) is 0 Å². The van der Waals surface area contributed by atoms with Gasteiger partial charge in [-0.25, -0.2) is 0 Å². The van der Waals surface area contributed by atoms with E-state index in [9.17, 15) is 4.79 Å². The second-order valence-corrected chi connectivity index (χ2v) is 3.75. The largest absolute Gasteiger partial charge is 0.339 e. The maximum atomic E-state index is 11.3. The Balaban J connectivity index is 4.29. The minimum atomic E-state index is -0.0265. The van der Waals surface area contributed by atoms with Crippen molar-refractivity contribution in [2.45, 2.75) is 33.2 Å². The number of nitrogens with zero attached hydrogens (tertiary/aromatic N) is 1. The van der Waals surface area contributed by atoms with Crippen LogP contribution < -0.4 is 0 Å². The Kier molecular flexibility index (Phi) is 6.43. The average molecular weight is 207 g/mol. The molecule has 0 saturated carbocycles. The van der Waals surface area contributed by atoms with Gasteiger partial charge >= 0.3 is 0 Å². The van der Waals surface area contributed by atoms with Gasteiger partial charge in [-0.3, -0.25) is 4.79 Å². The third-order valence-electron chi connectivity index (χ3n) is 2.37. The third-order valence-corrected chi connectivity index (χ3v) is 2.37. The van der Waals surface area contributed by atoms with Crippen molar-refractivity contribution in [1.82, 2.24) is 4.90 Å². The van der Waals surface area contributed by atoms with Crippen molar-refractivity contribution in [2.24, 2.45) is 0 Å². The molecule has 0 heterocycles. The summed E-state index contributed by atoms with van der Waals surface area (Å²) in [4.78, 5) is 13.0. The molecule has 0 aliphatic heterocycles. The van der Waals surface area contributed by atoms with Crippen LogP contribution in [-0.2, 0) is 4.79 Å². The van der Waals surface area contributed by atoms with Gasteiger partial charge in [-0.05, 0) is 33.3 Å². The van der Waals surface area contributed by atoms with Crippen LogP contribution in [0.15, 0.2) is 36.5 Å². The standard InChI is InChI=1S/C13H21NO/c1-6-8-9-11(3)10-12(4)14(5)13(15)7-2/h6-9,12H,2,10H2,1,3-5H3/b8-6-,11-9+/t12-/m1/s1. The predicted octanol–water partition coefficient (Wildman–Crippen LogP) is 2.93. The van der Waals surface area contributed by atoms with Crippen LogP contribution in [0.5, 0.6) is 0 Å². The fourth-order valence-corrected chi connectivity index (χ4v) is 1.29. The van der Waals surface area contributed by atoms with Crippen LogP contribution in [0.1, 0.15) is 27.2 Å². The van der Waals surface area contributed by atoms with E-state index in [-0.39, 0.29) is 11.9 Å². The number of hydrogen-bond acceptors (Lipinski definition) is 1. The monoisotopic (exact) mass is 207 g/mol. The number of carbonyl (C=O) groups is 1. The number of hydrogen-bond donors (Lipinski definition) is 0. The number of rotatable bonds is 5. The number of carbonyl (C=O) groups excluding carboxylic acids is 1. The molecule has 0 unspecified atom stereocenters. The summed E-state index contributed by atoms with van der Waals surface area (Å²) in [6.07, 6.45) is 8.31. The minimum absolute atomic E-state index is 0.0265. The molecule has 0 aromatic rings. The summed E-state index contributed by atoms with van der Waals surface area (Å²) in [5.41, 5.74) is 1.27. The van der Waals surface area contributed by atoms with Crippen LogP contribution in [0.3, 0.4) is 0 Å². The first-order valence-electron chi connectivity index (χ1n) is 5.20. The molecule has 0 rings (SSSR count). The van der Waals surface area contributed by atoms with Crippen LogP contribution in [0, 0.1) is 0 Å². The maximum Gasteiger partial charge on any atom is 0.245 e. The molecule has 2 heteroatoms. The normalized spacial score (nSPS) is 14.0. The second kappa shape index (κ2) is 7.04. The Morgan fingerprint density at radius 2 is 2.13 bits per heavy atom. The molecule has 84 valence electrons. The zero-order chi connectivity index (χ0) is 11.8. The van der Waals surface area contributed by atoms with E-state index in [1.165, 1.54) is 11.6 Å². The van der Waals surface area contributed by atoms with Gasteiger partial charge in [-0.15, -0.1) is 0 Å². The molecule has 0 spiro atoms. The topological polar surface area (TPSA) is 20.3 Å². The van der Waals surface area contributed by atoms with Crippen LogP contribution in [0.25, 0.3) is 0 Å². The van der Waals surface area contributed by atoms with Gasteiger partial charge in [-0.2, -0.15) is 0 Å². The van der Waals surface area contributed by atoms with E-state index in [2.05, 4.69) is 19.6 Å². The molecule has 0 N–H and O–H groups in total. The number of allylic oxidation sites excluding steroid dienone is 3. The van der Waals surface area contributed by atoms with Gasteiger partial charge in [0.05, 0.1) is 0 Å². The van der Waals surface area contributed by atoms with Crippen molar-refractivity contribution >= 4 is 5.91 Å². The van der Waals surface area contributed by atoms with Gasteiger partial charge < -0.3 is 4.90 Å². The van der Waals surface area contributed by atoms with Gasteiger partial charge in [0.25, 0.3) is 0 Å². The minimum Gasteiger partial charge on any atom is -0.339 e. The molecule has 0 radical (unpaired) electrons.